The molecule has 1 atom stereocenters. The molecule has 1 amide bonds. The first-order valence-electron chi connectivity index (χ1n) is 8.34. The van der Waals surface area contributed by atoms with Crippen molar-refractivity contribution in [1.82, 2.24) is 20.2 Å². The molecule has 0 bridgehead atoms. The maximum absolute atomic E-state index is 12.4. The van der Waals surface area contributed by atoms with E-state index in [-0.39, 0.29) is 12.5 Å². The van der Waals surface area contributed by atoms with E-state index in [4.69, 9.17) is 0 Å². The number of amides is 1. The number of H-pyrrole nitrogens is 1. The highest BCUT2D eigenvalue weighted by molar-refractivity contribution is 5.78. The van der Waals surface area contributed by atoms with Crippen molar-refractivity contribution in [1.29, 1.82) is 0 Å². The molecule has 1 aliphatic heterocycles. The molecule has 3 N–H and O–H groups in total. The number of nitrogens with zero attached hydrogens (tertiary/aromatic N) is 1. The number of benzene rings is 1. The Labute approximate surface area is 139 Å². The van der Waals surface area contributed by atoms with Crippen LogP contribution in [0.15, 0.2) is 33.9 Å². The summed E-state index contributed by atoms with van der Waals surface area (Å²) in [4.78, 5) is 39.1. The molecule has 0 saturated carbocycles. The Hall–Kier alpha value is -2.41. The summed E-state index contributed by atoms with van der Waals surface area (Å²) >= 11 is 0. The molecular weight excluding hydrogens is 308 g/mol. The van der Waals surface area contributed by atoms with E-state index in [0.29, 0.717) is 23.4 Å². The normalized spacial score (nSPS) is 17.8. The Bertz CT molecular complexity index is 834. The molecule has 24 heavy (non-hydrogen) atoms. The maximum Gasteiger partial charge on any atom is 0.329 e. The maximum atomic E-state index is 12.4. The van der Waals surface area contributed by atoms with Gasteiger partial charge in [0.05, 0.1) is 10.9 Å². The fourth-order valence-corrected chi connectivity index (χ4v) is 3.13. The predicted molar refractivity (Wildman–Crippen MR) is 92.0 cm³/mol. The summed E-state index contributed by atoms with van der Waals surface area (Å²) < 4.78 is 0.944. The van der Waals surface area contributed by atoms with Gasteiger partial charge in [-0.05, 0) is 50.4 Å². The third-order valence-corrected chi connectivity index (χ3v) is 4.46. The zero-order valence-corrected chi connectivity index (χ0v) is 13.5. The van der Waals surface area contributed by atoms with Crippen LogP contribution in [-0.4, -0.2) is 35.1 Å². The van der Waals surface area contributed by atoms with E-state index in [1.165, 1.54) is 12.8 Å². The fraction of sp³-hybridized carbons (Fsp3) is 0.471. The van der Waals surface area contributed by atoms with Gasteiger partial charge in [0, 0.05) is 6.54 Å². The second-order valence-electron chi connectivity index (χ2n) is 6.22. The quantitative estimate of drug-likeness (QED) is 0.729. The summed E-state index contributed by atoms with van der Waals surface area (Å²) in [5.74, 6) is 0.257. The number of rotatable bonds is 5. The van der Waals surface area contributed by atoms with Crippen molar-refractivity contribution >= 4 is 16.8 Å². The second kappa shape index (κ2) is 7.44. The van der Waals surface area contributed by atoms with Crippen LogP contribution in [0.1, 0.15) is 19.3 Å². The molecule has 1 fully saturated rings. The lowest BCUT2D eigenvalue weighted by Gasteiger charge is -2.22. The minimum Gasteiger partial charge on any atom is -0.355 e. The molecule has 7 nitrogen and oxygen atoms in total. The van der Waals surface area contributed by atoms with Gasteiger partial charge in [0.15, 0.2) is 0 Å². The molecule has 0 aliphatic carbocycles. The molecule has 2 heterocycles. The van der Waals surface area contributed by atoms with Crippen molar-refractivity contribution in [2.24, 2.45) is 5.92 Å². The zero-order valence-electron chi connectivity index (χ0n) is 13.5. The summed E-state index contributed by atoms with van der Waals surface area (Å²) in [6.07, 6.45) is 3.24. The minimum absolute atomic E-state index is 0.262. The first-order chi connectivity index (χ1) is 11.6. The van der Waals surface area contributed by atoms with Crippen LogP contribution in [0, 0.1) is 5.92 Å². The summed E-state index contributed by atoms with van der Waals surface area (Å²) in [7, 11) is 0. The Balaban J connectivity index is 1.63. The van der Waals surface area contributed by atoms with Gasteiger partial charge in [-0.25, -0.2) is 4.79 Å². The van der Waals surface area contributed by atoms with Crippen LogP contribution in [0.5, 0.6) is 0 Å². The fourth-order valence-electron chi connectivity index (χ4n) is 3.13. The lowest BCUT2D eigenvalue weighted by molar-refractivity contribution is -0.121. The van der Waals surface area contributed by atoms with Gasteiger partial charge in [-0.2, -0.15) is 0 Å². The van der Waals surface area contributed by atoms with Gasteiger partial charge >= 0.3 is 5.69 Å². The number of carbonyl (C=O) groups excluding carboxylic acids is 1. The number of carbonyl (C=O) groups is 1. The second-order valence-corrected chi connectivity index (χ2v) is 6.22. The number of fused-ring (bicyclic) bond motifs is 1. The van der Waals surface area contributed by atoms with E-state index in [0.717, 1.165) is 24.1 Å². The highest BCUT2D eigenvalue weighted by Gasteiger charge is 2.14. The third-order valence-electron chi connectivity index (χ3n) is 4.46. The molecule has 1 unspecified atom stereocenters. The highest BCUT2D eigenvalue weighted by Crippen LogP contribution is 2.12. The molecule has 1 aliphatic rings. The number of piperidine rings is 1. The Morgan fingerprint density at radius 2 is 2.12 bits per heavy atom. The molecule has 1 aromatic heterocycles. The van der Waals surface area contributed by atoms with Crippen molar-refractivity contribution < 1.29 is 4.79 Å². The SMILES string of the molecule is O=C(Cn1c(=O)[nH]c2ccccc2c1=O)NCCC1CCCNC1. The first-order valence-corrected chi connectivity index (χ1v) is 8.34. The lowest BCUT2D eigenvalue weighted by Crippen LogP contribution is -2.41. The van der Waals surface area contributed by atoms with Gasteiger partial charge in [0.2, 0.25) is 5.91 Å². The predicted octanol–water partition coefficient (Wildman–Crippen LogP) is 0.196. The summed E-state index contributed by atoms with van der Waals surface area (Å²) in [5.41, 5.74) is -0.528. The lowest BCUT2D eigenvalue weighted by atomic mass is 9.96. The van der Waals surface area contributed by atoms with E-state index >= 15 is 0 Å². The molecule has 7 heteroatoms. The Morgan fingerprint density at radius 3 is 2.92 bits per heavy atom. The molecule has 2 aromatic rings. The van der Waals surface area contributed by atoms with E-state index in [1.54, 1.807) is 24.3 Å². The van der Waals surface area contributed by atoms with E-state index < -0.39 is 11.2 Å². The van der Waals surface area contributed by atoms with Gasteiger partial charge in [0.1, 0.15) is 6.54 Å². The average molecular weight is 330 g/mol. The molecule has 1 aromatic carbocycles. The molecule has 1 saturated heterocycles. The van der Waals surface area contributed by atoms with Gasteiger partial charge in [-0.3, -0.25) is 14.2 Å². The molecule has 0 radical (unpaired) electrons. The number of nitrogens with one attached hydrogen (secondary N) is 3. The van der Waals surface area contributed by atoms with Crippen molar-refractivity contribution in [3.8, 4) is 0 Å². The largest absolute Gasteiger partial charge is 0.355 e. The van der Waals surface area contributed by atoms with Gasteiger partial charge < -0.3 is 15.6 Å². The Kier molecular flexibility index (Phi) is 5.10. The third kappa shape index (κ3) is 3.73. The minimum atomic E-state index is -0.565. The summed E-state index contributed by atoms with van der Waals surface area (Å²) in [5, 5.41) is 6.54. The average Bonchev–Trinajstić information content (AvgIpc) is 2.59. The van der Waals surface area contributed by atoms with Crippen LogP contribution in [0.4, 0.5) is 0 Å². The smallest absolute Gasteiger partial charge is 0.329 e. The summed E-state index contributed by atoms with van der Waals surface area (Å²) in [6.45, 7) is 2.35. The number of hydrogen-bond donors (Lipinski definition) is 3. The van der Waals surface area contributed by atoms with Gasteiger partial charge in [-0.1, -0.05) is 12.1 Å². The van der Waals surface area contributed by atoms with E-state index in [2.05, 4.69) is 15.6 Å². The monoisotopic (exact) mass is 330 g/mol. The molecule has 3 rings (SSSR count). The van der Waals surface area contributed by atoms with Crippen molar-refractivity contribution in [3.05, 3.63) is 45.1 Å². The van der Waals surface area contributed by atoms with Gasteiger partial charge in [-0.15, -0.1) is 0 Å². The Morgan fingerprint density at radius 1 is 1.29 bits per heavy atom. The number of para-hydroxylation sites is 1. The van der Waals surface area contributed by atoms with Crippen LogP contribution < -0.4 is 21.9 Å². The van der Waals surface area contributed by atoms with Crippen LogP contribution in [-0.2, 0) is 11.3 Å². The summed E-state index contributed by atoms with van der Waals surface area (Å²) in [6, 6.07) is 6.78. The van der Waals surface area contributed by atoms with Crippen LogP contribution in [0.25, 0.3) is 10.9 Å². The standard InChI is InChI=1S/C17H22N4O3/c22-15(19-9-7-12-4-3-8-18-10-12)11-21-16(23)13-5-1-2-6-14(13)20-17(21)24/h1-2,5-6,12,18H,3-4,7-11H2,(H,19,22)(H,20,24). The number of hydrogen-bond acceptors (Lipinski definition) is 4. The zero-order chi connectivity index (χ0) is 16.9. The van der Waals surface area contributed by atoms with Crippen LogP contribution in [0.2, 0.25) is 0 Å². The van der Waals surface area contributed by atoms with Crippen molar-refractivity contribution in [2.45, 2.75) is 25.8 Å². The van der Waals surface area contributed by atoms with E-state index in [9.17, 15) is 14.4 Å². The van der Waals surface area contributed by atoms with Gasteiger partial charge in [0.25, 0.3) is 5.56 Å². The van der Waals surface area contributed by atoms with E-state index in [1.807, 2.05) is 0 Å². The molecular formula is C17H22N4O3. The molecule has 0 spiro atoms. The first kappa shape index (κ1) is 16.4. The molecule has 128 valence electrons. The van der Waals surface area contributed by atoms with Crippen LogP contribution in [0.3, 0.4) is 0 Å². The van der Waals surface area contributed by atoms with Crippen LogP contribution >= 0.6 is 0 Å². The topological polar surface area (TPSA) is 96.0 Å². The van der Waals surface area contributed by atoms with Crippen molar-refractivity contribution in [3.63, 3.8) is 0 Å². The number of aromatic nitrogens is 2. The highest BCUT2D eigenvalue weighted by atomic mass is 16.2. The van der Waals surface area contributed by atoms with Crippen molar-refractivity contribution in [2.75, 3.05) is 19.6 Å². The number of aromatic amines is 1.